The standard InChI is InChI=1S/C12H17BrN2O2/c1-8(2)5-6-17-11-4-3-9(7-10(11)13)12(14)15-16/h3-4,7-8,16H,5-6H2,1-2H3,(H2,14,15). The van der Waals surface area contributed by atoms with Crippen molar-refractivity contribution in [3.05, 3.63) is 28.2 Å². The van der Waals surface area contributed by atoms with Gasteiger partial charge in [0.1, 0.15) is 5.75 Å². The predicted molar refractivity (Wildman–Crippen MR) is 71.6 cm³/mol. The molecule has 1 aromatic carbocycles. The number of hydrogen-bond donors (Lipinski definition) is 2. The summed E-state index contributed by atoms with van der Waals surface area (Å²) in [7, 11) is 0. The van der Waals surface area contributed by atoms with E-state index >= 15 is 0 Å². The van der Waals surface area contributed by atoms with E-state index < -0.39 is 0 Å². The summed E-state index contributed by atoms with van der Waals surface area (Å²) >= 11 is 3.39. The Hall–Kier alpha value is -1.23. The fraction of sp³-hybridized carbons (Fsp3) is 0.417. The first-order valence-corrected chi connectivity index (χ1v) is 6.24. The number of rotatable bonds is 5. The van der Waals surface area contributed by atoms with Crippen molar-refractivity contribution in [1.82, 2.24) is 0 Å². The van der Waals surface area contributed by atoms with E-state index in [2.05, 4.69) is 34.9 Å². The minimum Gasteiger partial charge on any atom is -0.492 e. The second kappa shape index (κ2) is 6.49. The molecule has 0 saturated heterocycles. The van der Waals surface area contributed by atoms with E-state index in [9.17, 15) is 0 Å². The van der Waals surface area contributed by atoms with Crippen LogP contribution in [0.5, 0.6) is 5.75 Å². The van der Waals surface area contributed by atoms with E-state index in [-0.39, 0.29) is 5.84 Å². The van der Waals surface area contributed by atoms with Gasteiger partial charge in [-0.3, -0.25) is 0 Å². The zero-order valence-corrected chi connectivity index (χ0v) is 11.6. The largest absolute Gasteiger partial charge is 0.492 e. The molecule has 0 saturated carbocycles. The van der Waals surface area contributed by atoms with Crippen LogP contribution < -0.4 is 10.5 Å². The Balaban J connectivity index is 2.70. The minimum absolute atomic E-state index is 0.0828. The fourth-order valence-electron chi connectivity index (χ4n) is 1.24. The lowest BCUT2D eigenvalue weighted by Crippen LogP contribution is -2.13. The van der Waals surface area contributed by atoms with Crippen LogP contribution in [0.4, 0.5) is 0 Å². The second-order valence-electron chi connectivity index (χ2n) is 4.16. The molecule has 0 fully saturated rings. The Morgan fingerprint density at radius 1 is 1.53 bits per heavy atom. The van der Waals surface area contributed by atoms with Crippen molar-refractivity contribution in [1.29, 1.82) is 0 Å². The third-order valence-corrected chi connectivity index (χ3v) is 2.91. The van der Waals surface area contributed by atoms with Gasteiger partial charge in [-0.2, -0.15) is 0 Å². The van der Waals surface area contributed by atoms with Gasteiger partial charge in [0.05, 0.1) is 11.1 Å². The van der Waals surface area contributed by atoms with Crippen molar-refractivity contribution in [2.24, 2.45) is 16.8 Å². The van der Waals surface area contributed by atoms with E-state index in [4.69, 9.17) is 15.7 Å². The zero-order chi connectivity index (χ0) is 12.8. The van der Waals surface area contributed by atoms with Crippen LogP contribution in [0.2, 0.25) is 0 Å². The van der Waals surface area contributed by atoms with Gasteiger partial charge in [0.2, 0.25) is 0 Å². The maximum Gasteiger partial charge on any atom is 0.170 e. The van der Waals surface area contributed by atoms with Crippen molar-refractivity contribution in [2.45, 2.75) is 20.3 Å². The summed E-state index contributed by atoms with van der Waals surface area (Å²) in [4.78, 5) is 0. The minimum atomic E-state index is 0.0828. The molecular weight excluding hydrogens is 284 g/mol. The van der Waals surface area contributed by atoms with Gasteiger partial charge >= 0.3 is 0 Å². The summed E-state index contributed by atoms with van der Waals surface area (Å²) in [6.45, 7) is 4.99. The van der Waals surface area contributed by atoms with Crippen molar-refractivity contribution >= 4 is 21.8 Å². The summed E-state index contributed by atoms with van der Waals surface area (Å²) in [6, 6.07) is 5.32. The first-order chi connectivity index (χ1) is 8.04. The smallest absolute Gasteiger partial charge is 0.170 e. The van der Waals surface area contributed by atoms with E-state index in [1.54, 1.807) is 18.2 Å². The topological polar surface area (TPSA) is 67.8 Å². The van der Waals surface area contributed by atoms with Gasteiger partial charge in [0.15, 0.2) is 5.84 Å². The summed E-state index contributed by atoms with van der Waals surface area (Å²) in [5.41, 5.74) is 6.14. The molecule has 0 atom stereocenters. The van der Waals surface area contributed by atoms with Crippen molar-refractivity contribution in [3.8, 4) is 5.75 Å². The van der Waals surface area contributed by atoms with E-state index in [0.717, 1.165) is 16.6 Å². The predicted octanol–water partition coefficient (Wildman–Crippen LogP) is 2.97. The Labute approximate surface area is 110 Å². The quantitative estimate of drug-likeness (QED) is 0.380. The van der Waals surface area contributed by atoms with Gasteiger partial charge < -0.3 is 15.7 Å². The molecule has 0 aromatic heterocycles. The van der Waals surface area contributed by atoms with Crippen molar-refractivity contribution < 1.29 is 9.94 Å². The molecule has 0 aliphatic heterocycles. The highest BCUT2D eigenvalue weighted by atomic mass is 79.9. The molecule has 0 radical (unpaired) electrons. The highest BCUT2D eigenvalue weighted by Crippen LogP contribution is 2.26. The molecule has 1 aromatic rings. The Morgan fingerprint density at radius 3 is 2.76 bits per heavy atom. The number of ether oxygens (including phenoxy) is 1. The molecule has 0 heterocycles. The van der Waals surface area contributed by atoms with Crippen molar-refractivity contribution in [3.63, 3.8) is 0 Å². The first kappa shape index (κ1) is 13.8. The lowest BCUT2D eigenvalue weighted by atomic mass is 10.1. The molecule has 0 spiro atoms. The molecule has 17 heavy (non-hydrogen) atoms. The van der Waals surface area contributed by atoms with Crippen molar-refractivity contribution in [2.75, 3.05) is 6.61 Å². The van der Waals surface area contributed by atoms with Crippen LogP contribution in [0, 0.1) is 5.92 Å². The lowest BCUT2D eigenvalue weighted by Gasteiger charge is -2.10. The number of nitrogens with zero attached hydrogens (tertiary/aromatic N) is 1. The monoisotopic (exact) mass is 300 g/mol. The van der Waals surface area contributed by atoms with Gasteiger partial charge in [0.25, 0.3) is 0 Å². The molecule has 1 rings (SSSR count). The molecule has 0 amide bonds. The summed E-state index contributed by atoms with van der Waals surface area (Å²) in [5, 5.41) is 11.5. The molecule has 94 valence electrons. The highest BCUT2D eigenvalue weighted by molar-refractivity contribution is 9.10. The lowest BCUT2D eigenvalue weighted by molar-refractivity contribution is 0.288. The normalized spacial score (nSPS) is 11.9. The van der Waals surface area contributed by atoms with Crippen LogP contribution in [-0.2, 0) is 0 Å². The third kappa shape index (κ3) is 4.26. The maximum atomic E-state index is 8.57. The van der Waals surface area contributed by atoms with E-state index in [1.165, 1.54) is 0 Å². The molecule has 0 unspecified atom stereocenters. The number of nitrogens with two attached hydrogens (primary N) is 1. The third-order valence-electron chi connectivity index (χ3n) is 2.29. The number of amidine groups is 1. The average Bonchev–Trinajstić information content (AvgIpc) is 2.29. The Morgan fingerprint density at radius 2 is 2.24 bits per heavy atom. The SMILES string of the molecule is CC(C)CCOc1ccc(/C(N)=N/O)cc1Br. The van der Waals surface area contributed by atoms with Gasteiger partial charge in [-0.05, 0) is 46.5 Å². The van der Waals surface area contributed by atoms with Crippen LogP contribution in [-0.4, -0.2) is 17.6 Å². The van der Waals surface area contributed by atoms with Gasteiger partial charge in [-0.15, -0.1) is 0 Å². The van der Waals surface area contributed by atoms with Crippen LogP contribution in [0.1, 0.15) is 25.8 Å². The molecule has 5 heteroatoms. The summed E-state index contributed by atoms with van der Waals surface area (Å²) < 4.78 is 6.42. The van der Waals surface area contributed by atoms with E-state index in [1.807, 2.05) is 0 Å². The second-order valence-corrected chi connectivity index (χ2v) is 5.02. The maximum absolute atomic E-state index is 8.57. The van der Waals surface area contributed by atoms with E-state index in [0.29, 0.717) is 18.1 Å². The highest BCUT2D eigenvalue weighted by Gasteiger charge is 2.06. The average molecular weight is 301 g/mol. The number of benzene rings is 1. The molecular formula is C12H17BrN2O2. The molecule has 0 aliphatic carbocycles. The number of hydrogen-bond acceptors (Lipinski definition) is 3. The first-order valence-electron chi connectivity index (χ1n) is 5.45. The molecule has 0 bridgehead atoms. The summed E-state index contributed by atoms with van der Waals surface area (Å²) in [5.74, 6) is 1.46. The molecule has 3 N–H and O–H groups in total. The van der Waals surface area contributed by atoms with Crippen LogP contribution >= 0.6 is 15.9 Å². The Kier molecular flexibility index (Phi) is 5.28. The van der Waals surface area contributed by atoms with Gasteiger partial charge in [-0.25, -0.2) is 0 Å². The van der Waals surface area contributed by atoms with Gasteiger partial charge in [0, 0.05) is 5.56 Å². The molecule has 4 nitrogen and oxygen atoms in total. The number of halogens is 1. The Bertz CT molecular complexity index is 405. The van der Waals surface area contributed by atoms with Crippen LogP contribution in [0.3, 0.4) is 0 Å². The zero-order valence-electron chi connectivity index (χ0n) is 9.98. The van der Waals surface area contributed by atoms with Crippen LogP contribution in [0.25, 0.3) is 0 Å². The summed E-state index contributed by atoms with van der Waals surface area (Å²) in [6.07, 6.45) is 1.01. The molecule has 0 aliphatic rings. The van der Waals surface area contributed by atoms with Gasteiger partial charge in [-0.1, -0.05) is 19.0 Å². The number of oxime groups is 1. The fourth-order valence-corrected chi connectivity index (χ4v) is 1.73. The van der Waals surface area contributed by atoms with Crippen LogP contribution in [0.15, 0.2) is 27.8 Å².